The number of rotatable bonds is 5. The topological polar surface area (TPSA) is 93.1 Å². The van der Waals surface area contributed by atoms with Gasteiger partial charge in [0.25, 0.3) is 11.5 Å². The van der Waals surface area contributed by atoms with Crippen molar-refractivity contribution < 1.29 is 9.59 Å². The Hall–Kier alpha value is -3.78. The molecular formula is C22H18N4O3S. The summed E-state index contributed by atoms with van der Waals surface area (Å²) in [5.74, 6) is -0.470. The molecule has 0 radical (unpaired) electrons. The van der Waals surface area contributed by atoms with Crippen LogP contribution in [-0.2, 0) is 18.3 Å². The van der Waals surface area contributed by atoms with Crippen LogP contribution in [0.25, 0.3) is 10.8 Å². The summed E-state index contributed by atoms with van der Waals surface area (Å²) < 4.78 is 1.24. The molecule has 150 valence electrons. The summed E-state index contributed by atoms with van der Waals surface area (Å²) in [6.45, 7) is 0. The fourth-order valence-corrected chi connectivity index (χ4v) is 3.76. The quantitative estimate of drug-likeness (QED) is 0.519. The molecule has 0 fully saturated rings. The second-order valence-electron chi connectivity index (χ2n) is 6.66. The van der Waals surface area contributed by atoms with Crippen LogP contribution >= 0.6 is 11.3 Å². The van der Waals surface area contributed by atoms with Crippen LogP contribution in [0, 0.1) is 0 Å². The third kappa shape index (κ3) is 4.13. The predicted octanol–water partition coefficient (Wildman–Crippen LogP) is 3.43. The van der Waals surface area contributed by atoms with Crippen LogP contribution in [0.3, 0.4) is 0 Å². The zero-order chi connectivity index (χ0) is 21.1. The van der Waals surface area contributed by atoms with Crippen molar-refractivity contribution in [3.8, 4) is 0 Å². The van der Waals surface area contributed by atoms with Crippen LogP contribution in [0.5, 0.6) is 0 Å². The largest absolute Gasteiger partial charge is 0.326 e. The molecule has 0 saturated carbocycles. The van der Waals surface area contributed by atoms with E-state index in [1.54, 1.807) is 55.6 Å². The van der Waals surface area contributed by atoms with Crippen LogP contribution in [-0.4, -0.2) is 21.6 Å². The number of carbonyl (C=O) groups excluding carboxylic acids is 2. The molecule has 0 aliphatic rings. The van der Waals surface area contributed by atoms with Crippen molar-refractivity contribution >= 4 is 45.3 Å². The van der Waals surface area contributed by atoms with E-state index in [2.05, 4.69) is 15.7 Å². The van der Waals surface area contributed by atoms with Crippen LogP contribution < -0.4 is 16.2 Å². The number of fused-ring (bicyclic) bond motifs is 1. The van der Waals surface area contributed by atoms with Gasteiger partial charge in [-0.15, -0.1) is 11.3 Å². The first-order valence-corrected chi connectivity index (χ1v) is 10.1. The Morgan fingerprint density at radius 2 is 1.70 bits per heavy atom. The number of aromatic nitrogens is 2. The highest BCUT2D eigenvalue weighted by Gasteiger charge is 2.13. The molecule has 0 bridgehead atoms. The molecule has 0 aliphatic carbocycles. The highest BCUT2D eigenvalue weighted by molar-refractivity contribution is 7.12. The first kappa shape index (κ1) is 19.5. The first-order chi connectivity index (χ1) is 14.5. The van der Waals surface area contributed by atoms with Gasteiger partial charge in [-0.25, -0.2) is 4.68 Å². The first-order valence-electron chi connectivity index (χ1n) is 9.21. The minimum Gasteiger partial charge on any atom is -0.326 e. The van der Waals surface area contributed by atoms with Gasteiger partial charge in [-0.05, 0) is 35.7 Å². The molecule has 7 nitrogen and oxygen atoms in total. The summed E-state index contributed by atoms with van der Waals surface area (Å²) in [4.78, 5) is 37.7. The lowest BCUT2D eigenvalue weighted by Crippen LogP contribution is -2.24. The number of thiophene rings is 1. The third-order valence-electron chi connectivity index (χ3n) is 4.51. The van der Waals surface area contributed by atoms with Crippen molar-refractivity contribution in [2.24, 2.45) is 7.05 Å². The van der Waals surface area contributed by atoms with E-state index in [0.717, 1.165) is 0 Å². The van der Waals surface area contributed by atoms with Crippen LogP contribution in [0.4, 0.5) is 11.4 Å². The summed E-state index contributed by atoms with van der Waals surface area (Å²) in [6, 6.07) is 17.6. The smallest absolute Gasteiger partial charge is 0.274 e. The lowest BCUT2D eigenvalue weighted by molar-refractivity contribution is -0.115. The second-order valence-corrected chi connectivity index (χ2v) is 7.61. The van der Waals surface area contributed by atoms with Gasteiger partial charge < -0.3 is 10.6 Å². The number of nitrogens with zero attached hydrogens (tertiary/aromatic N) is 2. The van der Waals surface area contributed by atoms with Gasteiger partial charge in [0.1, 0.15) is 0 Å². The molecule has 0 atom stereocenters. The average Bonchev–Trinajstić information content (AvgIpc) is 3.27. The predicted molar refractivity (Wildman–Crippen MR) is 118 cm³/mol. The van der Waals surface area contributed by atoms with E-state index in [-0.39, 0.29) is 23.8 Å². The maximum Gasteiger partial charge on any atom is 0.274 e. The minimum absolute atomic E-state index is 0.0143. The summed E-state index contributed by atoms with van der Waals surface area (Å²) in [5, 5.41) is 12.9. The van der Waals surface area contributed by atoms with Gasteiger partial charge in [0.15, 0.2) is 0 Å². The number of carbonyl (C=O) groups is 2. The van der Waals surface area contributed by atoms with E-state index in [9.17, 15) is 14.4 Å². The lowest BCUT2D eigenvalue weighted by atomic mass is 10.1. The Kier molecular flexibility index (Phi) is 5.40. The van der Waals surface area contributed by atoms with Gasteiger partial charge in [-0.1, -0.05) is 30.3 Å². The molecule has 8 heteroatoms. The van der Waals surface area contributed by atoms with Gasteiger partial charge in [-0.2, -0.15) is 5.10 Å². The standard InChI is InChI=1S/C22H18N4O3S/c1-26-22(29)17-9-3-2-8-16(17)18(25-26)13-20(27)23-14-6-4-7-15(12-14)24-21(28)19-10-5-11-30-19/h2-12H,13H2,1H3,(H,23,27)(H,24,28). The summed E-state index contributed by atoms with van der Waals surface area (Å²) >= 11 is 1.36. The zero-order valence-electron chi connectivity index (χ0n) is 16.1. The summed E-state index contributed by atoms with van der Waals surface area (Å²) in [5.41, 5.74) is 1.45. The van der Waals surface area contributed by atoms with Gasteiger partial charge in [0.05, 0.1) is 22.4 Å². The van der Waals surface area contributed by atoms with Crippen molar-refractivity contribution in [1.82, 2.24) is 9.78 Å². The van der Waals surface area contributed by atoms with Gasteiger partial charge in [0, 0.05) is 23.8 Å². The fraction of sp³-hybridized carbons (Fsp3) is 0.0909. The third-order valence-corrected chi connectivity index (χ3v) is 5.38. The molecule has 4 rings (SSSR count). The number of hydrogen-bond donors (Lipinski definition) is 2. The molecule has 2 amide bonds. The van der Waals surface area contributed by atoms with E-state index in [0.29, 0.717) is 32.7 Å². The molecule has 0 saturated heterocycles. The maximum atomic E-state index is 12.6. The molecule has 0 spiro atoms. The highest BCUT2D eigenvalue weighted by atomic mass is 32.1. The molecule has 0 unspecified atom stereocenters. The van der Waals surface area contributed by atoms with Crippen LogP contribution in [0.2, 0.25) is 0 Å². The summed E-state index contributed by atoms with van der Waals surface area (Å²) in [6.07, 6.45) is 0.0143. The second kappa shape index (κ2) is 8.30. The molecule has 2 aromatic heterocycles. The number of amides is 2. The minimum atomic E-state index is -0.270. The normalized spacial score (nSPS) is 10.7. The molecule has 2 aromatic carbocycles. The number of anilines is 2. The van der Waals surface area contributed by atoms with E-state index in [4.69, 9.17) is 0 Å². The van der Waals surface area contributed by atoms with Crippen molar-refractivity contribution in [3.05, 3.63) is 87.0 Å². The van der Waals surface area contributed by atoms with Crippen molar-refractivity contribution in [2.75, 3.05) is 10.6 Å². The van der Waals surface area contributed by atoms with E-state index < -0.39 is 0 Å². The van der Waals surface area contributed by atoms with E-state index in [1.807, 2.05) is 17.5 Å². The average molecular weight is 418 g/mol. The number of nitrogens with one attached hydrogen (secondary N) is 2. The number of benzene rings is 2. The number of hydrogen-bond acceptors (Lipinski definition) is 5. The van der Waals surface area contributed by atoms with Gasteiger partial charge >= 0.3 is 0 Å². The van der Waals surface area contributed by atoms with Gasteiger partial charge in [0.2, 0.25) is 5.91 Å². The molecule has 4 aromatic rings. The highest BCUT2D eigenvalue weighted by Crippen LogP contribution is 2.19. The Bertz CT molecular complexity index is 1300. The Morgan fingerprint density at radius 3 is 2.43 bits per heavy atom. The van der Waals surface area contributed by atoms with E-state index >= 15 is 0 Å². The molecule has 2 N–H and O–H groups in total. The Morgan fingerprint density at radius 1 is 0.967 bits per heavy atom. The van der Waals surface area contributed by atoms with E-state index in [1.165, 1.54) is 16.0 Å². The van der Waals surface area contributed by atoms with Crippen molar-refractivity contribution in [1.29, 1.82) is 0 Å². The fourth-order valence-electron chi connectivity index (χ4n) is 3.14. The van der Waals surface area contributed by atoms with Crippen molar-refractivity contribution in [3.63, 3.8) is 0 Å². The SMILES string of the molecule is Cn1nc(CC(=O)Nc2cccc(NC(=O)c3cccs3)c2)c2ccccc2c1=O. The molecule has 2 heterocycles. The molecule has 30 heavy (non-hydrogen) atoms. The maximum absolute atomic E-state index is 12.6. The zero-order valence-corrected chi connectivity index (χ0v) is 16.9. The number of aryl methyl sites for hydroxylation is 1. The summed E-state index contributed by atoms with van der Waals surface area (Å²) in [7, 11) is 1.57. The van der Waals surface area contributed by atoms with Gasteiger partial charge in [-0.3, -0.25) is 14.4 Å². The molecule has 0 aliphatic heterocycles. The van der Waals surface area contributed by atoms with Crippen LogP contribution in [0.15, 0.2) is 70.8 Å². The Balaban J connectivity index is 1.50. The van der Waals surface area contributed by atoms with Crippen molar-refractivity contribution in [2.45, 2.75) is 6.42 Å². The van der Waals surface area contributed by atoms with Crippen LogP contribution in [0.1, 0.15) is 15.4 Å². The molecular weight excluding hydrogens is 400 g/mol. The Labute approximate surface area is 176 Å². The lowest BCUT2D eigenvalue weighted by Gasteiger charge is -2.10. The monoisotopic (exact) mass is 418 g/mol.